The van der Waals surface area contributed by atoms with Crippen LogP contribution in [0.15, 0.2) is 0 Å². The van der Waals surface area contributed by atoms with Crippen molar-refractivity contribution in [2.75, 3.05) is 26.7 Å². The van der Waals surface area contributed by atoms with Gasteiger partial charge < -0.3 is 10.2 Å². The molecule has 0 amide bonds. The van der Waals surface area contributed by atoms with Crippen LogP contribution >= 0.6 is 0 Å². The lowest BCUT2D eigenvalue weighted by molar-refractivity contribution is 0.0246. The average Bonchev–Trinajstić information content (AvgIpc) is 2.50. The molecule has 0 radical (unpaired) electrons. The van der Waals surface area contributed by atoms with Gasteiger partial charge >= 0.3 is 0 Å². The third kappa shape index (κ3) is 4.45. The van der Waals surface area contributed by atoms with Crippen LogP contribution in [0, 0.1) is 17.3 Å². The SMILES string of the molecule is CCC(CCNC)N1CCC2(CCC(C(C)C)CC2)CC1. The molecule has 124 valence electrons. The van der Waals surface area contributed by atoms with Crippen molar-refractivity contribution in [1.29, 1.82) is 0 Å². The Hall–Kier alpha value is -0.0800. The summed E-state index contributed by atoms with van der Waals surface area (Å²) in [5.74, 6) is 1.90. The highest BCUT2D eigenvalue weighted by Crippen LogP contribution is 2.48. The zero-order valence-electron chi connectivity index (χ0n) is 15.0. The molecule has 2 rings (SSSR count). The number of piperidine rings is 1. The van der Waals surface area contributed by atoms with Crippen molar-refractivity contribution in [3.8, 4) is 0 Å². The minimum absolute atomic E-state index is 0.725. The third-order valence-corrected chi connectivity index (χ3v) is 6.61. The topological polar surface area (TPSA) is 15.3 Å². The van der Waals surface area contributed by atoms with Crippen LogP contribution in [0.2, 0.25) is 0 Å². The van der Waals surface area contributed by atoms with Gasteiger partial charge in [0.25, 0.3) is 0 Å². The summed E-state index contributed by atoms with van der Waals surface area (Å²) in [4.78, 5) is 2.79. The van der Waals surface area contributed by atoms with Crippen LogP contribution in [0.3, 0.4) is 0 Å². The molecule has 1 heterocycles. The van der Waals surface area contributed by atoms with E-state index in [1.165, 1.54) is 64.5 Å². The number of rotatable bonds is 6. The Balaban J connectivity index is 1.80. The molecule has 2 aliphatic rings. The first-order chi connectivity index (χ1) is 10.1. The van der Waals surface area contributed by atoms with Gasteiger partial charge in [0.15, 0.2) is 0 Å². The van der Waals surface area contributed by atoms with Crippen LogP contribution in [-0.4, -0.2) is 37.6 Å². The van der Waals surface area contributed by atoms with Gasteiger partial charge in [-0.3, -0.25) is 0 Å². The summed E-state index contributed by atoms with van der Waals surface area (Å²) >= 11 is 0. The first-order valence-electron chi connectivity index (χ1n) is 9.49. The van der Waals surface area contributed by atoms with E-state index in [0.29, 0.717) is 0 Å². The quantitative estimate of drug-likeness (QED) is 0.785. The summed E-state index contributed by atoms with van der Waals surface area (Å²) in [5, 5.41) is 3.32. The highest BCUT2D eigenvalue weighted by Gasteiger charge is 2.39. The summed E-state index contributed by atoms with van der Waals surface area (Å²) < 4.78 is 0. The van der Waals surface area contributed by atoms with Crippen LogP contribution in [0.1, 0.15) is 72.1 Å². The second kappa shape index (κ2) is 7.97. The van der Waals surface area contributed by atoms with E-state index in [0.717, 1.165) is 29.8 Å². The molecule has 1 spiro atoms. The number of hydrogen-bond donors (Lipinski definition) is 1. The Morgan fingerprint density at radius 1 is 1.10 bits per heavy atom. The Labute approximate surface area is 133 Å². The molecule has 1 saturated carbocycles. The van der Waals surface area contributed by atoms with Gasteiger partial charge in [0.2, 0.25) is 0 Å². The van der Waals surface area contributed by atoms with Crippen molar-refractivity contribution >= 4 is 0 Å². The average molecular weight is 295 g/mol. The standard InChI is InChI=1S/C19H38N2/c1-5-18(8-13-20-4)21-14-11-19(12-15-21)9-6-17(7-10-19)16(2)3/h16-18,20H,5-15H2,1-4H3. The predicted octanol–water partition coefficient (Wildman–Crippen LogP) is 4.30. The summed E-state index contributed by atoms with van der Waals surface area (Å²) in [5.41, 5.74) is 0.725. The van der Waals surface area contributed by atoms with Crippen molar-refractivity contribution in [2.24, 2.45) is 17.3 Å². The third-order valence-electron chi connectivity index (χ3n) is 6.61. The molecule has 1 aliphatic carbocycles. The predicted molar refractivity (Wildman–Crippen MR) is 92.7 cm³/mol. The second-order valence-electron chi connectivity index (χ2n) is 8.07. The molecule has 2 nitrogen and oxygen atoms in total. The van der Waals surface area contributed by atoms with E-state index in [-0.39, 0.29) is 0 Å². The summed E-state index contributed by atoms with van der Waals surface area (Å²) in [6.45, 7) is 11.1. The Morgan fingerprint density at radius 3 is 2.19 bits per heavy atom. The van der Waals surface area contributed by atoms with Gasteiger partial charge in [-0.05, 0) is 95.3 Å². The number of nitrogens with one attached hydrogen (secondary N) is 1. The normalized spacial score (nSPS) is 25.6. The summed E-state index contributed by atoms with van der Waals surface area (Å²) in [7, 11) is 2.07. The van der Waals surface area contributed by atoms with Gasteiger partial charge in [0.05, 0.1) is 0 Å². The fourth-order valence-electron chi connectivity index (χ4n) is 4.74. The van der Waals surface area contributed by atoms with Gasteiger partial charge in [-0.2, -0.15) is 0 Å². The van der Waals surface area contributed by atoms with Gasteiger partial charge in [0.1, 0.15) is 0 Å². The van der Waals surface area contributed by atoms with Crippen molar-refractivity contribution in [3.63, 3.8) is 0 Å². The van der Waals surface area contributed by atoms with Crippen LogP contribution in [0.25, 0.3) is 0 Å². The maximum atomic E-state index is 3.32. The molecule has 2 fully saturated rings. The molecule has 21 heavy (non-hydrogen) atoms. The van der Waals surface area contributed by atoms with Gasteiger partial charge in [-0.15, -0.1) is 0 Å². The fraction of sp³-hybridized carbons (Fsp3) is 1.00. The molecule has 1 aliphatic heterocycles. The van der Waals surface area contributed by atoms with E-state index >= 15 is 0 Å². The van der Waals surface area contributed by atoms with Gasteiger partial charge in [-0.1, -0.05) is 20.8 Å². The van der Waals surface area contributed by atoms with E-state index in [2.05, 4.69) is 38.0 Å². The molecule has 1 unspecified atom stereocenters. The van der Waals surface area contributed by atoms with Crippen LogP contribution < -0.4 is 5.32 Å². The molecule has 0 aromatic carbocycles. The molecular formula is C19H38N2. The maximum Gasteiger partial charge on any atom is 0.0105 e. The van der Waals surface area contributed by atoms with Gasteiger partial charge in [0, 0.05) is 6.04 Å². The first kappa shape index (κ1) is 17.3. The second-order valence-corrected chi connectivity index (χ2v) is 8.07. The number of nitrogens with zero attached hydrogens (tertiary/aromatic N) is 1. The Kier molecular flexibility index (Phi) is 6.55. The summed E-state index contributed by atoms with van der Waals surface area (Å²) in [6, 6.07) is 0.807. The summed E-state index contributed by atoms with van der Waals surface area (Å²) in [6.07, 6.45) is 11.6. The van der Waals surface area contributed by atoms with Crippen LogP contribution in [0.5, 0.6) is 0 Å². The zero-order chi connectivity index (χ0) is 15.3. The van der Waals surface area contributed by atoms with E-state index in [1.54, 1.807) is 0 Å². The lowest BCUT2D eigenvalue weighted by atomic mass is 9.63. The Bertz CT molecular complexity index is 282. The van der Waals surface area contributed by atoms with E-state index < -0.39 is 0 Å². The van der Waals surface area contributed by atoms with E-state index in [1.807, 2.05) is 0 Å². The number of likely N-dealkylation sites (tertiary alicyclic amines) is 1. The highest BCUT2D eigenvalue weighted by atomic mass is 15.2. The number of hydrogen-bond acceptors (Lipinski definition) is 2. The smallest absolute Gasteiger partial charge is 0.0105 e. The lowest BCUT2D eigenvalue weighted by Crippen LogP contribution is -2.47. The van der Waals surface area contributed by atoms with Crippen molar-refractivity contribution in [2.45, 2.75) is 78.2 Å². The molecule has 0 aromatic rings. The van der Waals surface area contributed by atoms with E-state index in [4.69, 9.17) is 0 Å². The molecule has 1 atom stereocenters. The maximum absolute atomic E-state index is 3.32. The Morgan fingerprint density at radius 2 is 1.71 bits per heavy atom. The van der Waals surface area contributed by atoms with Crippen LogP contribution in [0.4, 0.5) is 0 Å². The lowest BCUT2D eigenvalue weighted by Gasteiger charge is -2.48. The molecule has 1 saturated heterocycles. The molecule has 0 aromatic heterocycles. The fourth-order valence-corrected chi connectivity index (χ4v) is 4.74. The van der Waals surface area contributed by atoms with Crippen molar-refractivity contribution in [1.82, 2.24) is 10.2 Å². The van der Waals surface area contributed by atoms with Gasteiger partial charge in [-0.25, -0.2) is 0 Å². The van der Waals surface area contributed by atoms with E-state index in [9.17, 15) is 0 Å². The molecule has 2 heteroatoms. The highest BCUT2D eigenvalue weighted by molar-refractivity contribution is 4.92. The minimum atomic E-state index is 0.725. The first-order valence-corrected chi connectivity index (χ1v) is 9.49. The minimum Gasteiger partial charge on any atom is -0.320 e. The van der Waals surface area contributed by atoms with Crippen LogP contribution in [-0.2, 0) is 0 Å². The monoisotopic (exact) mass is 294 g/mol. The van der Waals surface area contributed by atoms with Crippen molar-refractivity contribution in [3.05, 3.63) is 0 Å². The zero-order valence-corrected chi connectivity index (χ0v) is 15.0. The molecular weight excluding hydrogens is 256 g/mol. The molecule has 1 N–H and O–H groups in total. The largest absolute Gasteiger partial charge is 0.320 e. The van der Waals surface area contributed by atoms with Crippen molar-refractivity contribution < 1.29 is 0 Å². The molecule has 0 bridgehead atoms.